The number of carbonyl (C=O) groups is 1. The fourth-order valence-electron chi connectivity index (χ4n) is 5.22. The molecule has 5 nitrogen and oxygen atoms in total. The Morgan fingerprint density at radius 1 is 0.837 bits per heavy atom. The van der Waals surface area contributed by atoms with E-state index in [0.717, 1.165) is 30.0 Å². The molecular weight excluding hydrogens is 618 g/mol. The van der Waals surface area contributed by atoms with Crippen molar-refractivity contribution in [3.8, 4) is 5.75 Å². The largest absolute Gasteiger partial charge is 1.00 e. The van der Waals surface area contributed by atoms with Gasteiger partial charge in [-0.3, -0.25) is 0 Å². The molecule has 0 spiro atoms. The van der Waals surface area contributed by atoms with Crippen molar-refractivity contribution in [1.82, 2.24) is 0 Å². The summed E-state index contributed by atoms with van der Waals surface area (Å²) in [5.74, 6) is 0.779. The molecule has 7 heteroatoms. The van der Waals surface area contributed by atoms with Crippen LogP contribution in [0.3, 0.4) is 0 Å². The number of benzene rings is 2. The van der Waals surface area contributed by atoms with Gasteiger partial charge in [-0.05, 0) is 37.0 Å². The Morgan fingerprint density at radius 3 is 2.00 bits per heavy atom. The summed E-state index contributed by atoms with van der Waals surface area (Å²) < 4.78 is 8.54. The van der Waals surface area contributed by atoms with E-state index in [1.165, 1.54) is 81.1 Å². The minimum absolute atomic E-state index is 0. The fourth-order valence-corrected chi connectivity index (χ4v) is 5.85. The molecule has 0 unspecified atom stereocenters. The number of urea groups is 1. The second kappa shape index (κ2) is 19.8. The molecule has 0 aliphatic rings. The molecule has 3 rings (SSSR count). The maximum Gasteiger partial charge on any atom is 0.323 e. The Hall–Kier alpha value is -2.38. The molecule has 0 saturated heterocycles. The number of rotatable bonds is 18. The van der Waals surface area contributed by atoms with E-state index >= 15 is 0 Å². The van der Waals surface area contributed by atoms with E-state index in [1.54, 1.807) is 11.3 Å². The molecule has 2 amide bonds. The lowest BCUT2D eigenvalue weighted by atomic mass is 9.86. The van der Waals surface area contributed by atoms with Gasteiger partial charge in [0.2, 0.25) is 5.51 Å². The molecule has 0 bridgehead atoms. The van der Waals surface area contributed by atoms with Crippen LogP contribution in [-0.2, 0) is 12.0 Å². The molecular formula is C36H54BrN3O2S. The predicted molar refractivity (Wildman–Crippen MR) is 179 cm³/mol. The van der Waals surface area contributed by atoms with Gasteiger partial charge in [-0.1, -0.05) is 134 Å². The SMILES string of the molecule is CCCCCCCCCCCCCCOc1c(NC(=O)Nc2ccc(C[n+]3csc(C)c3)cc2)cccc1C(C)(C)C.[Br-]. The third-order valence-corrected chi connectivity index (χ3v) is 8.47. The Bertz CT molecular complexity index is 1200. The average Bonchev–Trinajstić information content (AvgIpc) is 3.36. The number of hydrogen-bond donors (Lipinski definition) is 2. The van der Waals surface area contributed by atoms with E-state index < -0.39 is 0 Å². The highest BCUT2D eigenvalue weighted by Crippen LogP contribution is 2.37. The van der Waals surface area contributed by atoms with Crippen molar-refractivity contribution in [2.24, 2.45) is 0 Å². The summed E-state index contributed by atoms with van der Waals surface area (Å²) in [7, 11) is 0. The van der Waals surface area contributed by atoms with Crippen molar-refractivity contribution in [2.45, 2.75) is 124 Å². The first-order valence-electron chi connectivity index (χ1n) is 16.1. The zero-order valence-electron chi connectivity index (χ0n) is 27.1. The fraction of sp³-hybridized carbons (Fsp3) is 0.556. The number of aromatic nitrogens is 1. The number of ether oxygens (including phenoxy) is 1. The molecule has 3 aromatic rings. The number of nitrogens with zero attached hydrogens (tertiary/aromatic N) is 1. The highest BCUT2D eigenvalue weighted by atomic mass is 79.9. The lowest BCUT2D eigenvalue weighted by molar-refractivity contribution is -0.683. The van der Waals surface area contributed by atoms with E-state index in [4.69, 9.17) is 4.74 Å². The standard InChI is InChI=1S/C36H53N3O2S.BrH/c1-6-7-8-9-10-11-12-13-14-15-16-17-25-41-34-32(36(3,4)5)19-18-20-33(34)38-35(40)37-31-23-21-30(22-24-31)27-39-26-29(2)42-28-39;/h18-24,26,28H,6-17,25,27H2,1-5H3,(H-,37,38,40);1H. The first-order chi connectivity index (χ1) is 20.3. The summed E-state index contributed by atoms with van der Waals surface area (Å²) >= 11 is 1.74. The monoisotopic (exact) mass is 671 g/mol. The van der Waals surface area contributed by atoms with Crippen LogP contribution in [0.4, 0.5) is 16.2 Å². The van der Waals surface area contributed by atoms with Crippen molar-refractivity contribution in [3.05, 3.63) is 70.2 Å². The predicted octanol–water partition coefficient (Wildman–Crippen LogP) is 7.42. The van der Waals surface area contributed by atoms with E-state index in [2.05, 4.69) is 79.7 Å². The number of carbonyl (C=O) groups excluding carboxylic acids is 1. The number of aryl methyl sites for hydroxylation is 1. The summed E-state index contributed by atoms with van der Waals surface area (Å²) in [5, 5.41) is 6.03. The summed E-state index contributed by atoms with van der Waals surface area (Å²) in [6.07, 6.45) is 18.0. The molecule has 0 saturated carbocycles. The summed E-state index contributed by atoms with van der Waals surface area (Å²) in [6, 6.07) is 13.8. The van der Waals surface area contributed by atoms with E-state index in [0.29, 0.717) is 12.3 Å². The molecule has 0 aliphatic heterocycles. The number of amides is 2. The molecule has 1 heterocycles. The van der Waals surface area contributed by atoms with Gasteiger partial charge in [0.05, 0.1) is 17.2 Å². The Morgan fingerprint density at radius 2 is 1.44 bits per heavy atom. The van der Waals surface area contributed by atoms with Crippen LogP contribution in [0.1, 0.15) is 121 Å². The quantitative estimate of drug-likeness (QED) is 0.109. The van der Waals surface area contributed by atoms with Gasteiger partial charge in [-0.15, -0.1) is 0 Å². The van der Waals surface area contributed by atoms with Crippen LogP contribution in [0.2, 0.25) is 0 Å². The first-order valence-corrected chi connectivity index (χ1v) is 17.0. The molecule has 0 fully saturated rings. The van der Waals surface area contributed by atoms with Crippen molar-refractivity contribution in [2.75, 3.05) is 17.2 Å². The number of halogens is 1. The third-order valence-electron chi connectivity index (χ3n) is 7.61. The zero-order chi connectivity index (χ0) is 30.2. The molecule has 2 aromatic carbocycles. The minimum atomic E-state index is -0.271. The number of anilines is 2. The van der Waals surface area contributed by atoms with Gasteiger partial charge in [-0.25, -0.2) is 4.79 Å². The van der Waals surface area contributed by atoms with Crippen LogP contribution in [-0.4, -0.2) is 12.6 Å². The Balaban J connectivity index is 0.00000645. The molecule has 43 heavy (non-hydrogen) atoms. The van der Waals surface area contributed by atoms with Crippen molar-refractivity contribution in [3.63, 3.8) is 0 Å². The van der Waals surface area contributed by atoms with E-state index in [1.807, 2.05) is 24.3 Å². The lowest BCUT2D eigenvalue weighted by Crippen LogP contribution is -3.00. The summed E-state index contributed by atoms with van der Waals surface area (Å²) in [5.41, 5.74) is 5.78. The van der Waals surface area contributed by atoms with Crippen LogP contribution >= 0.6 is 11.3 Å². The van der Waals surface area contributed by atoms with Gasteiger partial charge >= 0.3 is 6.03 Å². The molecule has 2 N–H and O–H groups in total. The topological polar surface area (TPSA) is 54.2 Å². The van der Waals surface area contributed by atoms with Gasteiger partial charge in [0.1, 0.15) is 5.75 Å². The minimum Gasteiger partial charge on any atom is -1.00 e. The first kappa shape index (κ1) is 36.8. The van der Waals surface area contributed by atoms with Crippen molar-refractivity contribution in [1.29, 1.82) is 0 Å². The second-order valence-corrected chi connectivity index (χ2v) is 13.7. The summed E-state index contributed by atoms with van der Waals surface area (Å²) in [6.45, 7) is 12.4. The van der Waals surface area contributed by atoms with Crippen LogP contribution in [0, 0.1) is 6.92 Å². The van der Waals surface area contributed by atoms with Gasteiger partial charge < -0.3 is 32.4 Å². The van der Waals surface area contributed by atoms with Gasteiger partial charge in [0.15, 0.2) is 12.7 Å². The molecule has 0 atom stereocenters. The lowest BCUT2D eigenvalue weighted by Gasteiger charge is -2.25. The second-order valence-electron chi connectivity index (χ2n) is 12.6. The number of thiazole rings is 1. The molecule has 0 aliphatic carbocycles. The van der Waals surface area contributed by atoms with Crippen molar-refractivity contribution < 1.29 is 31.1 Å². The van der Waals surface area contributed by atoms with E-state index in [9.17, 15) is 4.79 Å². The van der Waals surface area contributed by atoms with Crippen LogP contribution < -0.4 is 36.9 Å². The maximum atomic E-state index is 13.0. The van der Waals surface area contributed by atoms with Crippen molar-refractivity contribution >= 4 is 28.7 Å². The van der Waals surface area contributed by atoms with Gasteiger partial charge in [0, 0.05) is 16.8 Å². The summed E-state index contributed by atoms with van der Waals surface area (Å²) in [4.78, 5) is 14.3. The zero-order valence-corrected chi connectivity index (χ0v) is 29.5. The smallest absolute Gasteiger partial charge is 0.323 e. The number of hydrogen-bond acceptors (Lipinski definition) is 3. The molecule has 0 radical (unpaired) electrons. The van der Waals surface area contributed by atoms with Gasteiger partial charge in [0.25, 0.3) is 0 Å². The third kappa shape index (κ3) is 13.9. The molecule has 1 aromatic heterocycles. The van der Waals surface area contributed by atoms with Crippen LogP contribution in [0.25, 0.3) is 0 Å². The van der Waals surface area contributed by atoms with Crippen LogP contribution in [0.15, 0.2) is 54.2 Å². The maximum absolute atomic E-state index is 13.0. The number of para-hydroxylation sites is 1. The Labute approximate surface area is 275 Å². The molecule has 238 valence electrons. The average molecular weight is 673 g/mol. The normalized spacial score (nSPS) is 11.2. The van der Waals surface area contributed by atoms with Gasteiger partial charge in [-0.2, -0.15) is 4.57 Å². The number of nitrogens with one attached hydrogen (secondary N) is 2. The van der Waals surface area contributed by atoms with Crippen LogP contribution in [0.5, 0.6) is 5.75 Å². The Kier molecular flexibility index (Phi) is 17.0. The highest BCUT2D eigenvalue weighted by molar-refractivity contribution is 7.09. The number of unbranched alkanes of at least 4 members (excludes halogenated alkanes) is 11. The van der Waals surface area contributed by atoms with E-state index in [-0.39, 0.29) is 28.4 Å². The highest BCUT2D eigenvalue weighted by Gasteiger charge is 2.22.